The summed E-state index contributed by atoms with van der Waals surface area (Å²) in [5, 5.41) is 3.72. The molecule has 2 amide bonds. The highest BCUT2D eigenvalue weighted by Gasteiger charge is 2.33. The minimum Gasteiger partial charge on any atom is -0.350 e. The molecule has 1 aromatic carbocycles. The summed E-state index contributed by atoms with van der Waals surface area (Å²) >= 11 is 13.2. The van der Waals surface area contributed by atoms with E-state index in [-0.39, 0.29) is 24.9 Å². The topological polar surface area (TPSA) is 101 Å². The maximum atomic E-state index is 12.6. The molecule has 1 aliphatic heterocycles. The van der Waals surface area contributed by atoms with Crippen LogP contribution in [0.5, 0.6) is 0 Å². The zero-order valence-corrected chi connectivity index (χ0v) is 20.3. The normalized spacial score (nSPS) is 18.1. The van der Waals surface area contributed by atoms with Crippen molar-refractivity contribution in [1.29, 1.82) is 0 Å². The molecule has 7 nitrogen and oxygen atoms in total. The van der Waals surface area contributed by atoms with Gasteiger partial charge < -0.3 is 16.0 Å². The van der Waals surface area contributed by atoms with Crippen molar-refractivity contribution in [2.24, 2.45) is 5.73 Å². The zero-order valence-electron chi connectivity index (χ0n) is 18.0. The van der Waals surface area contributed by atoms with Crippen LogP contribution in [-0.4, -0.2) is 44.6 Å². The number of likely N-dealkylation sites (tertiary alicyclic amines) is 1. The molecule has 0 unspecified atom stereocenters. The molecule has 0 bridgehead atoms. The molecule has 0 spiro atoms. The third kappa shape index (κ3) is 6.63. The van der Waals surface area contributed by atoms with E-state index < -0.39 is 6.04 Å². The maximum Gasteiger partial charge on any atom is 0.243 e. The third-order valence-electron chi connectivity index (χ3n) is 5.77. The van der Waals surface area contributed by atoms with Crippen molar-refractivity contribution in [1.82, 2.24) is 19.0 Å². The number of hydrogen-bond acceptors (Lipinski definition) is 6. The largest absolute Gasteiger partial charge is 0.350 e. The first-order valence-corrected chi connectivity index (χ1v) is 12.5. The van der Waals surface area contributed by atoms with E-state index in [2.05, 4.69) is 14.1 Å². The molecule has 2 heterocycles. The van der Waals surface area contributed by atoms with Gasteiger partial charge >= 0.3 is 0 Å². The minimum absolute atomic E-state index is 0.0997. The molecule has 4 rings (SSSR count). The standard InChI is InChI=1S/C16H17Cl2N5O2S.C6H12/c17-10-3-4-11(14-15(18)22-26-21-14)9(6-10)8-20-16(25)12-2-1-5-23(12)13(24)7-19;1-2-4-6-5-3-1/h3-4,6,12H,1-2,5,7-8,19H2,(H,20,25);1-6H2/t12-;/m0./s1. The van der Waals surface area contributed by atoms with Crippen LogP contribution in [0, 0.1) is 0 Å². The van der Waals surface area contributed by atoms with E-state index in [1.54, 1.807) is 18.2 Å². The summed E-state index contributed by atoms with van der Waals surface area (Å²) in [5.74, 6) is -0.427. The zero-order chi connectivity index (χ0) is 22.9. The minimum atomic E-state index is -0.488. The monoisotopic (exact) mass is 497 g/mol. The second kappa shape index (κ2) is 12.5. The molecule has 1 atom stereocenters. The van der Waals surface area contributed by atoms with Crippen LogP contribution >= 0.6 is 34.9 Å². The first kappa shape index (κ1) is 24.9. The fourth-order valence-corrected chi connectivity index (χ4v) is 5.04. The van der Waals surface area contributed by atoms with Crippen LogP contribution in [0.3, 0.4) is 0 Å². The summed E-state index contributed by atoms with van der Waals surface area (Å²) in [4.78, 5) is 26.0. The fourth-order valence-electron chi connectivity index (χ4n) is 4.09. The molecule has 1 aliphatic carbocycles. The van der Waals surface area contributed by atoms with Crippen LogP contribution in [0.1, 0.15) is 56.9 Å². The Balaban J connectivity index is 0.000000416. The van der Waals surface area contributed by atoms with Gasteiger partial charge in [0.2, 0.25) is 11.8 Å². The lowest BCUT2D eigenvalue weighted by molar-refractivity contribution is -0.137. The van der Waals surface area contributed by atoms with E-state index in [0.717, 1.165) is 29.3 Å². The van der Waals surface area contributed by atoms with Gasteiger partial charge in [-0.2, -0.15) is 8.75 Å². The summed E-state index contributed by atoms with van der Waals surface area (Å²) in [5.41, 5.74) is 7.51. The van der Waals surface area contributed by atoms with Crippen LogP contribution in [0.2, 0.25) is 10.2 Å². The molecule has 0 radical (unpaired) electrons. The Morgan fingerprint density at radius 1 is 1.09 bits per heavy atom. The fraction of sp³-hybridized carbons (Fsp3) is 0.545. The highest BCUT2D eigenvalue weighted by atomic mass is 35.5. The van der Waals surface area contributed by atoms with E-state index in [1.165, 1.54) is 43.4 Å². The molecule has 1 saturated carbocycles. The number of amides is 2. The summed E-state index contributed by atoms with van der Waals surface area (Å²) in [6.07, 6.45) is 10.4. The average molecular weight is 498 g/mol. The summed E-state index contributed by atoms with van der Waals surface area (Å²) in [6, 6.07) is 4.80. The molecule has 1 aromatic heterocycles. The predicted molar refractivity (Wildman–Crippen MR) is 129 cm³/mol. The van der Waals surface area contributed by atoms with Gasteiger partial charge in [0.15, 0.2) is 5.15 Å². The Morgan fingerprint density at radius 2 is 1.78 bits per heavy atom. The number of hydrogen-bond donors (Lipinski definition) is 2. The highest BCUT2D eigenvalue weighted by Crippen LogP contribution is 2.30. The Bertz CT molecular complexity index is 908. The molecule has 2 aliphatic rings. The van der Waals surface area contributed by atoms with Crippen molar-refractivity contribution in [3.05, 3.63) is 33.9 Å². The van der Waals surface area contributed by atoms with Gasteiger partial charge in [-0.15, -0.1) is 0 Å². The van der Waals surface area contributed by atoms with Gasteiger partial charge in [-0.05, 0) is 30.5 Å². The lowest BCUT2D eigenvalue weighted by Gasteiger charge is -2.23. The number of benzene rings is 1. The summed E-state index contributed by atoms with van der Waals surface area (Å²) in [7, 11) is 0. The van der Waals surface area contributed by atoms with Gasteiger partial charge in [0.05, 0.1) is 18.3 Å². The van der Waals surface area contributed by atoms with Gasteiger partial charge in [0.1, 0.15) is 11.7 Å². The van der Waals surface area contributed by atoms with Crippen LogP contribution in [0.25, 0.3) is 11.3 Å². The SMILES string of the molecule is C1CCCCC1.NCC(=O)N1CCC[C@H]1C(=O)NCc1cc(Cl)ccc1-c1nsnc1Cl. The van der Waals surface area contributed by atoms with Crippen LogP contribution in [-0.2, 0) is 16.1 Å². The first-order chi connectivity index (χ1) is 15.5. The number of nitrogens with two attached hydrogens (primary N) is 1. The number of carbonyl (C=O) groups is 2. The van der Waals surface area contributed by atoms with Crippen LogP contribution in [0.15, 0.2) is 18.2 Å². The maximum absolute atomic E-state index is 12.6. The van der Waals surface area contributed by atoms with Crippen molar-refractivity contribution in [3.63, 3.8) is 0 Å². The van der Waals surface area contributed by atoms with Gasteiger partial charge in [0.25, 0.3) is 0 Å². The second-order valence-corrected chi connectivity index (χ2v) is 9.32. The van der Waals surface area contributed by atoms with Crippen molar-refractivity contribution in [3.8, 4) is 11.3 Å². The average Bonchev–Trinajstić information content (AvgIpc) is 3.48. The predicted octanol–water partition coefficient (Wildman–Crippen LogP) is 4.42. The number of rotatable bonds is 5. The first-order valence-electron chi connectivity index (χ1n) is 11.1. The number of aromatic nitrogens is 2. The van der Waals surface area contributed by atoms with E-state index >= 15 is 0 Å². The van der Waals surface area contributed by atoms with Crippen molar-refractivity contribution >= 4 is 46.7 Å². The number of nitrogens with zero attached hydrogens (tertiary/aromatic N) is 3. The molecule has 3 N–H and O–H groups in total. The summed E-state index contributed by atoms with van der Waals surface area (Å²) < 4.78 is 8.18. The smallest absolute Gasteiger partial charge is 0.243 e. The number of nitrogens with one attached hydrogen (secondary N) is 1. The lowest BCUT2D eigenvalue weighted by atomic mass is 10.0. The molecule has 174 valence electrons. The molecule has 1 saturated heterocycles. The van der Waals surface area contributed by atoms with Gasteiger partial charge in [-0.1, -0.05) is 67.8 Å². The van der Waals surface area contributed by atoms with Crippen molar-refractivity contribution in [2.75, 3.05) is 13.1 Å². The van der Waals surface area contributed by atoms with Gasteiger partial charge in [-0.25, -0.2) is 0 Å². The quantitative estimate of drug-likeness (QED) is 0.636. The van der Waals surface area contributed by atoms with E-state index in [4.69, 9.17) is 28.9 Å². The molecular formula is C22H29Cl2N5O2S. The second-order valence-electron chi connectivity index (χ2n) is 7.99. The molecule has 2 aromatic rings. The van der Waals surface area contributed by atoms with E-state index in [9.17, 15) is 9.59 Å². The Kier molecular flexibility index (Phi) is 9.71. The Hall–Kier alpha value is -1.74. The number of halogens is 2. The third-order valence-corrected chi connectivity index (χ3v) is 6.90. The Labute approximate surface area is 203 Å². The van der Waals surface area contributed by atoms with Crippen molar-refractivity contribution in [2.45, 2.75) is 64.0 Å². The lowest BCUT2D eigenvalue weighted by Crippen LogP contribution is -2.47. The van der Waals surface area contributed by atoms with Crippen LogP contribution in [0.4, 0.5) is 0 Å². The molecular weight excluding hydrogens is 469 g/mol. The Morgan fingerprint density at radius 3 is 2.38 bits per heavy atom. The van der Waals surface area contributed by atoms with Gasteiger partial charge in [0, 0.05) is 23.7 Å². The molecule has 2 fully saturated rings. The highest BCUT2D eigenvalue weighted by molar-refractivity contribution is 6.99. The van der Waals surface area contributed by atoms with Crippen LogP contribution < -0.4 is 11.1 Å². The number of carbonyl (C=O) groups excluding carboxylic acids is 2. The summed E-state index contributed by atoms with van der Waals surface area (Å²) in [6.45, 7) is 0.692. The van der Waals surface area contributed by atoms with E-state index in [1.807, 2.05) is 0 Å². The van der Waals surface area contributed by atoms with E-state index in [0.29, 0.717) is 28.8 Å². The van der Waals surface area contributed by atoms with Gasteiger partial charge in [-0.3, -0.25) is 9.59 Å². The molecule has 10 heteroatoms. The molecule has 32 heavy (non-hydrogen) atoms. The van der Waals surface area contributed by atoms with Crippen molar-refractivity contribution < 1.29 is 9.59 Å².